The highest BCUT2D eigenvalue weighted by Crippen LogP contribution is 2.29. The predicted octanol–water partition coefficient (Wildman–Crippen LogP) is 1.64. The first-order chi connectivity index (χ1) is 13.2. The number of rotatable bonds is 5. The Kier molecular flexibility index (Phi) is 5.19. The topological polar surface area (TPSA) is 104 Å². The zero-order valence-corrected chi connectivity index (χ0v) is 16.2. The second-order valence-corrected chi connectivity index (χ2v) is 8.33. The predicted molar refractivity (Wildman–Crippen MR) is 106 cm³/mol. The van der Waals surface area contributed by atoms with E-state index in [1.807, 2.05) is 0 Å². The number of nitrogens with one attached hydrogen (secondary N) is 1. The monoisotopic (exact) mass is 401 g/mol. The summed E-state index contributed by atoms with van der Waals surface area (Å²) in [5.41, 5.74) is 1.52. The smallest absolute Gasteiger partial charge is 0.248 e. The summed E-state index contributed by atoms with van der Waals surface area (Å²) < 4.78 is 25.6. The first-order valence-electron chi connectivity index (χ1n) is 8.45. The minimum atomic E-state index is -3.81. The molecule has 0 aromatic heterocycles. The number of para-hydroxylation sites is 2. The highest BCUT2D eigenvalue weighted by Gasteiger charge is 2.30. The van der Waals surface area contributed by atoms with Gasteiger partial charge in [-0.05, 0) is 31.2 Å². The van der Waals surface area contributed by atoms with E-state index >= 15 is 0 Å². The fourth-order valence-electron chi connectivity index (χ4n) is 2.94. The molecule has 9 heteroatoms. The van der Waals surface area contributed by atoms with Gasteiger partial charge in [0.1, 0.15) is 13.1 Å². The third-order valence-electron chi connectivity index (χ3n) is 4.29. The van der Waals surface area contributed by atoms with E-state index in [0.717, 1.165) is 10.6 Å². The van der Waals surface area contributed by atoms with Crippen LogP contribution in [0.4, 0.5) is 17.1 Å². The Morgan fingerprint density at radius 2 is 1.86 bits per heavy atom. The quantitative estimate of drug-likeness (QED) is 0.767. The molecule has 0 fully saturated rings. The van der Waals surface area contributed by atoms with Gasteiger partial charge in [-0.15, -0.1) is 0 Å². The van der Waals surface area contributed by atoms with E-state index in [2.05, 4.69) is 5.32 Å². The molecule has 0 spiro atoms. The summed E-state index contributed by atoms with van der Waals surface area (Å²) >= 11 is 0. The standard InChI is InChI=1S/C19H19N3O5S/c1-13(23)14-6-5-7-15(10-14)22(28(2,26)27)12-19(25)21-11-18(24)20-16-8-3-4-9-17(16)21/h3-10H,11-12H2,1-2H3,(H,20,24). The molecule has 1 aliphatic rings. The van der Waals surface area contributed by atoms with Crippen molar-refractivity contribution < 1.29 is 22.8 Å². The Bertz CT molecular complexity index is 1060. The molecule has 2 aromatic carbocycles. The summed E-state index contributed by atoms with van der Waals surface area (Å²) in [5.74, 6) is -1.14. The molecule has 0 saturated carbocycles. The van der Waals surface area contributed by atoms with Gasteiger partial charge < -0.3 is 5.32 Å². The van der Waals surface area contributed by atoms with Crippen molar-refractivity contribution in [1.82, 2.24) is 0 Å². The Morgan fingerprint density at radius 1 is 1.14 bits per heavy atom. The molecular formula is C19H19N3O5S. The fourth-order valence-corrected chi connectivity index (χ4v) is 3.79. The van der Waals surface area contributed by atoms with Gasteiger partial charge >= 0.3 is 0 Å². The van der Waals surface area contributed by atoms with Crippen LogP contribution in [0.25, 0.3) is 0 Å². The van der Waals surface area contributed by atoms with E-state index in [1.54, 1.807) is 36.4 Å². The van der Waals surface area contributed by atoms with Crippen molar-refractivity contribution in [2.75, 3.05) is 33.9 Å². The second kappa shape index (κ2) is 7.43. The third-order valence-corrected chi connectivity index (χ3v) is 5.43. The molecule has 0 unspecified atom stereocenters. The van der Waals surface area contributed by atoms with Crippen LogP contribution in [-0.4, -0.2) is 45.4 Å². The molecule has 1 aliphatic heterocycles. The van der Waals surface area contributed by atoms with E-state index in [4.69, 9.17) is 0 Å². The number of hydrogen-bond donors (Lipinski definition) is 1. The molecule has 1 heterocycles. The molecule has 0 saturated heterocycles. The van der Waals surface area contributed by atoms with Gasteiger partial charge in [-0.25, -0.2) is 8.42 Å². The number of hydrogen-bond acceptors (Lipinski definition) is 5. The van der Waals surface area contributed by atoms with Crippen LogP contribution in [0.5, 0.6) is 0 Å². The van der Waals surface area contributed by atoms with Crippen molar-refractivity contribution in [2.24, 2.45) is 0 Å². The number of amides is 2. The van der Waals surface area contributed by atoms with Crippen LogP contribution >= 0.6 is 0 Å². The lowest BCUT2D eigenvalue weighted by Gasteiger charge is -2.31. The van der Waals surface area contributed by atoms with E-state index in [0.29, 0.717) is 16.9 Å². The van der Waals surface area contributed by atoms with Crippen molar-refractivity contribution in [3.8, 4) is 0 Å². The number of benzene rings is 2. The van der Waals surface area contributed by atoms with E-state index in [1.165, 1.54) is 24.0 Å². The zero-order chi connectivity index (χ0) is 20.5. The van der Waals surface area contributed by atoms with Gasteiger partial charge in [0.25, 0.3) is 0 Å². The van der Waals surface area contributed by atoms with Crippen LogP contribution in [0.15, 0.2) is 48.5 Å². The maximum absolute atomic E-state index is 12.9. The molecular weight excluding hydrogens is 382 g/mol. The largest absolute Gasteiger partial charge is 0.323 e. The van der Waals surface area contributed by atoms with Crippen molar-refractivity contribution in [1.29, 1.82) is 0 Å². The van der Waals surface area contributed by atoms with Gasteiger partial charge in [-0.2, -0.15) is 0 Å². The number of carbonyl (C=O) groups excluding carboxylic acids is 3. The summed E-state index contributed by atoms with van der Waals surface area (Å²) in [7, 11) is -3.81. The summed E-state index contributed by atoms with van der Waals surface area (Å²) in [6.45, 7) is 0.668. The average molecular weight is 401 g/mol. The van der Waals surface area contributed by atoms with Crippen LogP contribution in [0, 0.1) is 0 Å². The number of nitrogens with zero attached hydrogens (tertiary/aromatic N) is 2. The van der Waals surface area contributed by atoms with Gasteiger partial charge in [0.2, 0.25) is 21.8 Å². The number of ketones is 1. The van der Waals surface area contributed by atoms with E-state index in [-0.39, 0.29) is 23.9 Å². The first-order valence-corrected chi connectivity index (χ1v) is 10.3. The van der Waals surface area contributed by atoms with Crippen molar-refractivity contribution in [3.05, 3.63) is 54.1 Å². The van der Waals surface area contributed by atoms with Crippen LogP contribution in [0.3, 0.4) is 0 Å². The van der Waals surface area contributed by atoms with E-state index in [9.17, 15) is 22.8 Å². The summed E-state index contributed by atoms with van der Waals surface area (Å²) in [4.78, 5) is 37.7. The van der Waals surface area contributed by atoms with Gasteiger partial charge in [0.05, 0.1) is 23.3 Å². The summed E-state index contributed by atoms with van der Waals surface area (Å²) in [5, 5.41) is 2.68. The van der Waals surface area contributed by atoms with Crippen LogP contribution in [0.2, 0.25) is 0 Å². The number of Topliss-reactive ketones (excluding diaryl/α,β-unsaturated/α-hetero) is 1. The van der Waals surface area contributed by atoms with Crippen molar-refractivity contribution >= 4 is 44.7 Å². The first kappa shape index (κ1) is 19.6. The van der Waals surface area contributed by atoms with Crippen molar-refractivity contribution in [3.63, 3.8) is 0 Å². The Labute approximate surface area is 162 Å². The molecule has 8 nitrogen and oxygen atoms in total. The number of anilines is 3. The lowest BCUT2D eigenvalue weighted by molar-refractivity contribution is -0.121. The Morgan fingerprint density at radius 3 is 2.54 bits per heavy atom. The second-order valence-electron chi connectivity index (χ2n) is 6.42. The maximum Gasteiger partial charge on any atom is 0.248 e. The fraction of sp³-hybridized carbons (Fsp3) is 0.211. The van der Waals surface area contributed by atoms with Gasteiger partial charge in [0, 0.05) is 5.56 Å². The summed E-state index contributed by atoms with van der Waals surface area (Å²) in [6, 6.07) is 12.8. The minimum absolute atomic E-state index is 0.207. The van der Waals surface area contributed by atoms with Gasteiger partial charge in [-0.1, -0.05) is 24.3 Å². The zero-order valence-electron chi connectivity index (χ0n) is 15.4. The SMILES string of the molecule is CC(=O)c1cccc(N(CC(=O)N2CC(=O)Nc3ccccc32)S(C)(=O)=O)c1. The van der Waals surface area contributed by atoms with Crippen LogP contribution in [0.1, 0.15) is 17.3 Å². The lowest BCUT2D eigenvalue weighted by Crippen LogP contribution is -2.47. The van der Waals surface area contributed by atoms with Crippen molar-refractivity contribution in [2.45, 2.75) is 6.92 Å². The maximum atomic E-state index is 12.9. The van der Waals surface area contributed by atoms with Gasteiger partial charge in [0.15, 0.2) is 5.78 Å². The Hall–Kier alpha value is -3.20. The number of fused-ring (bicyclic) bond motifs is 1. The molecule has 3 rings (SSSR count). The van der Waals surface area contributed by atoms with Crippen LogP contribution < -0.4 is 14.5 Å². The highest BCUT2D eigenvalue weighted by atomic mass is 32.2. The number of carbonyl (C=O) groups is 3. The average Bonchev–Trinajstić information content (AvgIpc) is 2.64. The molecule has 0 aliphatic carbocycles. The third kappa shape index (κ3) is 4.04. The molecule has 2 aromatic rings. The molecule has 1 N–H and O–H groups in total. The molecule has 0 atom stereocenters. The minimum Gasteiger partial charge on any atom is -0.323 e. The van der Waals surface area contributed by atoms with E-state index < -0.39 is 22.5 Å². The van der Waals surface area contributed by atoms with Crippen LogP contribution in [-0.2, 0) is 19.6 Å². The highest BCUT2D eigenvalue weighted by molar-refractivity contribution is 7.92. The molecule has 28 heavy (non-hydrogen) atoms. The molecule has 0 bridgehead atoms. The summed E-state index contributed by atoms with van der Waals surface area (Å²) in [6.07, 6.45) is 0.984. The lowest BCUT2D eigenvalue weighted by atomic mass is 10.1. The van der Waals surface area contributed by atoms with Gasteiger partial charge in [-0.3, -0.25) is 23.6 Å². The molecule has 2 amide bonds. The number of sulfonamides is 1. The Balaban J connectivity index is 1.95. The normalized spacial score (nSPS) is 13.5. The molecule has 0 radical (unpaired) electrons. The molecule has 146 valence electrons.